The minimum Gasteiger partial charge on any atom is -0.497 e. The Kier molecular flexibility index (Phi) is 5.99. The van der Waals surface area contributed by atoms with Gasteiger partial charge in [0.25, 0.3) is 0 Å². The van der Waals surface area contributed by atoms with Crippen molar-refractivity contribution < 1.29 is 9.53 Å². The minimum absolute atomic E-state index is 0.130. The molecule has 0 spiro atoms. The Morgan fingerprint density at radius 2 is 2.00 bits per heavy atom. The number of benzene rings is 1. The molecule has 0 aliphatic carbocycles. The van der Waals surface area contributed by atoms with E-state index in [9.17, 15) is 4.79 Å². The summed E-state index contributed by atoms with van der Waals surface area (Å²) in [5.41, 5.74) is 1.55. The highest BCUT2D eigenvalue weighted by molar-refractivity contribution is 8.00. The number of likely N-dealkylation sites (tertiary alicyclic amines) is 1. The fraction of sp³-hybridized carbons (Fsp3) is 0.429. The van der Waals surface area contributed by atoms with Gasteiger partial charge < -0.3 is 9.64 Å². The van der Waals surface area contributed by atoms with Crippen LogP contribution >= 0.6 is 11.8 Å². The molecule has 8 heteroatoms. The molecule has 1 fully saturated rings. The van der Waals surface area contributed by atoms with E-state index in [1.54, 1.807) is 11.6 Å². The van der Waals surface area contributed by atoms with Gasteiger partial charge in [0.15, 0.2) is 11.5 Å². The molecule has 1 aromatic carbocycles. The van der Waals surface area contributed by atoms with Crippen molar-refractivity contribution in [3.8, 4) is 17.1 Å². The normalized spacial score (nSPS) is 15.4. The average Bonchev–Trinajstić information content (AvgIpc) is 3.21. The standard InChI is InChI=1S/C21H25N5O2S/c1-3-17(21(27)25-12-5-4-6-13-25)29-19-11-10-18-22-23-20(26(18)24-19)15-8-7-9-16(14-15)28-2/h7-11,14,17H,3-6,12-13H2,1-2H3/t17-/m1/s1. The molecule has 2 aromatic heterocycles. The highest BCUT2D eigenvalue weighted by Crippen LogP contribution is 2.28. The summed E-state index contributed by atoms with van der Waals surface area (Å²) in [7, 11) is 1.64. The topological polar surface area (TPSA) is 72.6 Å². The maximum absolute atomic E-state index is 12.9. The molecule has 0 unspecified atom stereocenters. The molecule has 0 saturated carbocycles. The lowest BCUT2D eigenvalue weighted by Crippen LogP contribution is -2.40. The molecule has 4 rings (SSSR count). The summed E-state index contributed by atoms with van der Waals surface area (Å²) < 4.78 is 7.05. The van der Waals surface area contributed by atoms with Crippen molar-refractivity contribution in [2.75, 3.05) is 20.2 Å². The van der Waals surface area contributed by atoms with Crippen LogP contribution < -0.4 is 4.74 Å². The van der Waals surface area contributed by atoms with Crippen LogP contribution in [0.25, 0.3) is 17.0 Å². The van der Waals surface area contributed by atoms with E-state index in [4.69, 9.17) is 9.84 Å². The zero-order valence-corrected chi connectivity index (χ0v) is 17.6. The van der Waals surface area contributed by atoms with E-state index in [1.165, 1.54) is 18.2 Å². The van der Waals surface area contributed by atoms with Crippen molar-refractivity contribution in [3.63, 3.8) is 0 Å². The lowest BCUT2D eigenvalue weighted by molar-refractivity contribution is -0.131. The molecule has 1 atom stereocenters. The van der Waals surface area contributed by atoms with Crippen molar-refractivity contribution in [2.24, 2.45) is 0 Å². The van der Waals surface area contributed by atoms with Gasteiger partial charge in [0.2, 0.25) is 5.91 Å². The Morgan fingerprint density at radius 3 is 2.76 bits per heavy atom. The van der Waals surface area contributed by atoms with Crippen LogP contribution in [0.3, 0.4) is 0 Å². The zero-order chi connectivity index (χ0) is 20.2. The van der Waals surface area contributed by atoms with Crippen molar-refractivity contribution in [3.05, 3.63) is 36.4 Å². The van der Waals surface area contributed by atoms with E-state index in [0.717, 1.165) is 48.7 Å². The second-order valence-electron chi connectivity index (χ2n) is 7.10. The van der Waals surface area contributed by atoms with Crippen molar-refractivity contribution in [1.29, 1.82) is 0 Å². The number of hydrogen-bond donors (Lipinski definition) is 0. The fourth-order valence-corrected chi connectivity index (χ4v) is 4.53. The van der Waals surface area contributed by atoms with E-state index in [1.807, 2.05) is 41.3 Å². The van der Waals surface area contributed by atoms with Crippen molar-refractivity contribution >= 4 is 23.3 Å². The van der Waals surface area contributed by atoms with Gasteiger partial charge in [0.05, 0.1) is 12.4 Å². The zero-order valence-electron chi connectivity index (χ0n) is 16.7. The summed E-state index contributed by atoms with van der Waals surface area (Å²) in [4.78, 5) is 14.9. The quantitative estimate of drug-likeness (QED) is 0.576. The van der Waals surface area contributed by atoms with Crippen LogP contribution in [-0.4, -0.2) is 56.1 Å². The van der Waals surface area contributed by atoms with Crippen LogP contribution in [0.2, 0.25) is 0 Å². The number of rotatable bonds is 6. The van der Waals surface area contributed by atoms with Gasteiger partial charge in [-0.05, 0) is 49.9 Å². The van der Waals surface area contributed by atoms with E-state index in [2.05, 4.69) is 17.1 Å². The van der Waals surface area contributed by atoms with Crippen molar-refractivity contribution in [2.45, 2.75) is 42.9 Å². The number of piperidine rings is 1. The van der Waals surface area contributed by atoms with Gasteiger partial charge in [-0.25, -0.2) is 0 Å². The molecule has 3 heterocycles. The van der Waals surface area contributed by atoms with Crippen LogP contribution in [0.4, 0.5) is 0 Å². The van der Waals surface area contributed by atoms with Crippen LogP contribution in [0.1, 0.15) is 32.6 Å². The number of amides is 1. The van der Waals surface area contributed by atoms with Crippen LogP contribution in [0.5, 0.6) is 5.75 Å². The highest BCUT2D eigenvalue weighted by atomic mass is 32.2. The molecular weight excluding hydrogens is 386 g/mol. The van der Waals surface area contributed by atoms with E-state index >= 15 is 0 Å². The van der Waals surface area contributed by atoms with Crippen LogP contribution in [-0.2, 0) is 4.79 Å². The molecule has 1 amide bonds. The molecule has 1 aliphatic rings. The number of fused-ring (bicyclic) bond motifs is 1. The van der Waals surface area contributed by atoms with Gasteiger partial charge in [-0.1, -0.05) is 30.8 Å². The number of ether oxygens (including phenoxy) is 1. The Hall–Kier alpha value is -2.61. The number of aromatic nitrogens is 4. The summed E-state index contributed by atoms with van der Waals surface area (Å²) in [6, 6.07) is 11.5. The monoisotopic (exact) mass is 411 g/mol. The number of carbonyl (C=O) groups excluding carboxylic acids is 1. The fourth-order valence-electron chi connectivity index (χ4n) is 3.55. The van der Waals surface area contributed by atoms with Gasteiger partial charge in [-0.3, -0.25) is 4.79 Å². The summed E-state index contributed by atoms with van der Waals surface area (Å²) >= 11 is 1.52. The minimum atomic E-state index is -0.130. The molecule has 29 heavy (non-hydrogen) atoms. The summed E-state index contributed by atoms with van der Waals surface area (Å²) in [5.74, 6) is 1.62. The Morgan fingerprint density at radius 1 is 1.17 bits per heavy atom. The highest BCUT2D eigenvalue weighted by Gasteiger charge is 2.26. The third-order valence-corrected chi connectivity index (χ3v) is 6.42. The maximum atomic E-state index is 12.9. The largest absolute Gasteiger partial charge is 0.497 e. The molecule has 1 aliphatic heterocycles. The third kappa shape index (κ3) is 4.22. The SMILES string of the molecule is CC[C@@H](Sc1ccc2nnc(-c3cccc(OC)c3)n2n1)C(=O)N1CCCCC1. The number of thioether (sulfide) groups is 1. The maximum Gasteiger partial charge on any atom is 0.236 e. The molecule has 0 radical (unpaired) electrons. The number of methoxy groups -OCH3 is 1. The molecule has 3 aromatic rings. The van der Waals surface area contributed by atoms with Crippen LogP contribution in [0, 0.1) is 0 Å². The lowest BCUT2D eigenvalue weighted by atomic mass is 10.1. The third-order valence-electron chi connectivity index (χ3n) is 5.14. The smallest absolute Gasteiger partial charge is 0.236 e. The number of nitrogens with zero attached hydrogens (tertiary/aromatic N) is 5. The van der Waals surface area contributed by atoms with Gasteiger partial charge in [-0.2, -0.15) is 9.61 Å². The molecule has 152 valence electrons. The summed E-state index contributed by atoms with van der Waals surface area (Å²) in [5, 5.41) is 13.9. The number of hydrogen-bond acceptors (Lipinski definition) is 6. The van der Waals surface area contributed by atoms with Gasteiger partial charge in [0, 0.05) is 18.7 Å². The van der Waals surface area contributed by atoms with E-state index < -0.39 is 0 Å². The Labute approximate surface area is 174 Å². The van der Waals surface area contributed by atoms with Crippen LogP contribution in [0.15, 0.2) is 41.4 Å². The first-order valence-corrected chi connectivity index (χ1v) is 10.9. The molecular formula is C21H25N5O2S. The molecule has 7 nitrogen and oxygen atoms in total. The average molecular weight is 412 g/mol. The Bertz CT molecular complexity index is 1000. The first-order chi connectivity index (χ1) is 14.2. The van der Waals surface area contributed by atoms with Gasteiger partial charge in [0.1, 0.15) is 10.8 Å². The first kappa shape index (κ1) is 19.7. The lowest BCUT2D eigenvalue weighted by Gasteiger charge is -2.29. The van der Waals surface area contributed by atoms with E-state index in [-0.39, 0.29) is 11.2 Å². The number of carbonyl (C=O) groups is 1. The summed E-state index contributed by atoms with van der Waals surface area (Å²) in [6.45, 7) is 3.79. The van der Waals surface area contributed by atoms with E-state index in [0.29, 0.717) is 11.5 Å². The van der Waals surface area contributed by atoms with Gasteiger partial charge in [-0.15, -0.1) is 10.2 Å². The summed E-state index contributed by atoms with van der Waals surface area (Å²) in [6.07, 6.45) is 4.18. The second kappa shape index (κ2) is 8.82. The Balaban J connectivity index is 1.60. The van der Waals surface area contributed by atoms with Gasteiger partial charge >= 0.3 is 0 Å². The first-order valence-electron chi connectivity index (χ1n) is 10.0. The second-order valence-corrected chi connectivity index (χ2v) is 8.32. The predicted molar refractivity (Wildman–Crippen MR) is 113 cm³/mol. The van der Waals surface area contributed by atoms with Crippen molar-refractivity contribution in [1.82, 2.24) is 24.7 Å². The molecule has 0 bridgehead atoms. The molecule has 1 saturated heterocycles. The molecule has 0 N–H and O–H groups in total. The predicted octanol–water partition coefficient (Wildman–Crippen LogP) is 3.68.